The molecule has 2 aromatic carbocycles. The van der Waals surface area contributed by atoms with Crippen molar-refractivity contribution < 1.29 is 18.9 Å². The van der Waals surface area contributed by atoms with Crippen LogP contribution in [0.4, 0.5) is 5.69 Å². The molecule has 0 radical (unpaired) electrons. The fourth-order valence-corrected chi connectivity index (χ4v) is 3.04. The number of hydrogen-bond donors (Lipinski definition) is 2. The standard InChI is InChI=1S/C23H31N3O4/c1-3-24-23(26-19-9-5-10-20(16-19)28-13-6-12-27-2)25-17-18-8-4-11-21-22(18)30-15-7-14-29-21/h4-5,8-11,16H,3,6-7,12-15,17H2,1-2H3,(H2,24,25,26). The number of rotatable bonds is 9. The van der Waals surface area contributed by atoms with Gasteiger partial charge in [0.1, 0.15) is 5.75 Å². The summed E-state index contributed by atoms with van der Waals surface area (Å²) in [7, 11) is 1.69. The van der Waals surface area contributed by atoms with Gasteiger partial charge in [-0.05, 0) is 25.1 Å². The van der Waals surface area contributed by atoms with E-state index >= 15 is 0 Å². The van der Waals surface area contributed by atoms with Crippen molar-refractivity contribution in [1.29, 1.82) is 0 Å². The Morgan fingerprint density at radius 3 is 2.83 bits per heavy atom. The van der Waals surface area contributed by atoms with Gasteiger partial charge in [-0.15, -0.1) is 0 Å². The normalized spacial score (nSPS) is 13.5. The van der Waals surface area contributed by atoms with Crippen molar-refractivity contribution >= 4 is 11.6 Å². The highest BCUT2D eigenvalue weighted by atomic mass is 16.5. The number of methoxy groups -OCH3 is 1. The molecule has 7 heteroatoms. The molecule has 0 unspecified atom stereocenters. The van der Waals surface area contributed by atoms with Gasteiger partial charge in [-0.2, -0.15) is 0 Å². The van der Waals surface area contributed by atoms with Crippen LogP contribution in [0.25, 0.3) is 0 Å². The average molecular weight is 414 g/mol. The zero-order valence-electron chi connectivity index (χ0n) is 17.8. The summed E-state index contributed by atoms with van der Waals surface area (Å²) in [5, 5.41) is 6.63. The van der Waals surface area contributed by atoms with Crippen molar-refractivity contribution in [1.82, 2.24) is 5.32 Å². The molecule has 2 N–H and O–H groups in total. The number of anilines is 1. The summed E-state index contributed by atoms with van der Waals surface area (Å²) in [5.41, 5.74) is 1.91. The highest BCUT2D eigenvalue weighted by Gasteiger charge is 2.14. The predicted octanol–water partition coefficient (Wildman–Crippen LogP) is 3.84. The zero-order chi connectivity index (χ0) is 21.0. The van der Waals surface area contributed by atoms with Crippen LogP contribution in [0.1, 0.15) is 25.3 Å². The zero-order valence-corrected chi connectivity index (χ0v) is 17.8. The van der Waals surface area contributed by atoms with Crippen LogP contribution in [0.5, 0.6) is 17.2 Å². The van der Waals surface area contributed by atoms with E-state index in [0.717, 1.165) is 47.9 Å². The number of nitrogens with zero attached hydrogens (tertiary/aromatic N) is 1. The maximum atomic E-state index is 5.90. The summed E-state index contributed by atoms with van der Waals surface area (Å²) in [6.07, 6.45) is 1.73. The maximum absolute atomic E-state index is 5.90. The van der Waals surface area contributed by atoms with Crippen LogP contribution in [-0.4, -0.2) is 46.0 Å². The van der Waals surface area contributed by atoms with Gasteiger partial charge >= 0.3 is 0 Å². The lowest BCUT2D eigenvalue weighted by Crippen LogP contribution is -2.30. The summed E-state index contributed by atoms with van der Waals surface area (Å²) < 4.78 is 22.5. The molecular formula is C23H31N3O4. The Labute approximate surface area is 178 Å². The van der Waals surface area contributed by atoms with Crippen molar-refractivity contribution in [2.75, 3.05) is 45.4 Å². The van der Waals surface area contributed by atoms with Crippen molar-refractivity contribution in [3.63, 3.8) is 0 Å². The minimum atomic E-state index is 0.481. The molecule has 0 saturated heterocycles. The minimum absolute atomic E-state index is 0.481. The fraction of sp³-hybridized carbons (Fsp3) is 0.435. The number of nitrogens with one attached hydrogen (secondary N) is 2. The molecular weight excluding hydrogens is 382 g/mol. The topological polar surface area (TPSA) is 73.3 Å². The number of guanidine groups is 1. The quantitative estimate of drug-likeness (QED) is 0.370. The molecule has 0 bridgehead atoms. The van der Waals surface area contributed by atoms with Crippen LogP contribution in [0.15, 0.2) is 47.5 Å². The predicted molar refractivity (Wildman–Crippen MR) is 119 cm³/mol. The molecule has 7 nitrogen and oxygen atoms in total. The number of benzene rings is 2. The molecule has 0 aromatic heterocycles. The van der Waals surface area contributed by atoms with Crippen molar-refractivity contribution in [2.45, 2.75) is 26.3 Å². The van der Waals surface area contributed by atoms with Crippen LogP contribution in [-0.2, 0) is 11.3 Å². The van der Waals surface area contributed by atoms with Gasteiger partial charge in [-0.1, -0.05) is 18.2 Å². The number of aliphatic imine (C=N–C) groups is 1. The molecule has 1 aliphatic heterocycles. The smallest absolute Gasteiger partial charge is 0.196 e. The molecule has 0 amide bonds. The van der Waals surface area contributed by atoms with Gasteiger partial charge in [0, 0.05) is 50.4 Å². The van der Waals surface area contributed by atoms with Crippen LogP contribution in [0, 0.1) is 0 Å². The van der Waals surface area contributed by atoms with E-state index < -0.39 is 0 Å². The van der Waals surface area contributed by atoms with Crippen LogP contribution >= 0.6 is 0 Å². The SMILES string of the molecule is CCNC(=NCc1cccc2c1OCCCO2)Nc1cccc(OCCCOC)c1. The lowest BCUT2D eigenvalue weighted by molar-refractivity contribution is 0.172. The first-order valence-electron chi connectivity index (χ1n) is 10.4. The third kappa shape index (κ3) is 6.56. The van der Waals surface area contributed by atoms with Crippen LogP contribution in [0.3, 0.4) is 0 Å². The third-order valence-corrected chi connectivity index (χ3v) is 4.46. The highest BCUT2D eigenvalue weighted by molar-refractivity contribution is 5.93. The monoisotopic (exact) mass is 413 g/mol. The van der Waals surface area contributed by atoms with Gasteiger partial charge in [0.05, 0.1) is 26.4 Å². The highest BCUT2D eigenvalue weighted by Crippen LogP contribution is 2.33. The Morgan fingerprint density at radius 2 is 1.97 bits per heavy atom. The summed E-state index contributed by atoms with van der Waals surface area (Å²) in [6, 6.07) is 13.8. The van der Waals surface area contributed by atoms with Gasteiger partial charge in [0.15, 0.2) is 17.5 Å². The molecule has 0 spiro atoms. The lowest BCUT2D eigenvalue weighted by atomic mass is 10.2. The van der Waals surface area contributed by atoms with E-state index in [1.165, 1.54) is 0 Å². The second-order valence-electron chi connectivity index (χ2n) is 6.84. The first-order chi connectivity index (χ1) is 14.8. The lowest BCUT2D eigenvalue weighted by Gasteiger charge is -2.14. The fourth-order valence-electron chi connectivity index (χ4n) is 3.04. The Balaban J connectivity index is 1.67. The first-order valence-corrected chi connectivity index (χ1v) is 10.4. The van der Waals surface area contributed by atoms with E-state index in [4.69, 9.17) is 23.9 Å². The third-order valence-electron chi connectivity index (χ3n) is 4.46. The van der Waals surface area contributed by atoms with Gasteiger partial charge in [0.2, 0.25) is 0 Å². The Hall–Kier alpha value is -2.93. The average Bonchev–Trinajstić information content (AvgIpc) is 3.01. The largest absolute Gasteiger partial charge is 0.493 e. The summed E-state index contributed by atoms with van der Waals surface area (Å²) in [6.45, 7) is 5.91. The molecule has 2 aromatic rings. The van der Waals surface area contributed by atoms with E-state index in [0.29, 0.717) is 38.9 Å². The van der Waals surface area contributed by atoms with E-state index in [1.807, 2.05) is 49.4 Å². The number of hydrogen-bond acceptors (Lipinski definition) is 5. The first kappa shape index (κ1) is 21.8. The molecule has 30 heavy (non-hydrogen) atoms. The molecule has 0 atom stereocenters. The Kier molecular flexibility index (Phi) is 8.65. The summed E-state index contributed by atoms with van der Waals surface area (Å²) in [5.74, 6) is 3.09. The molecule has 0 fully saturated rings. The number of para-hydroxylation sites is 1. The molecule has 162 valence electrons. The second-order valence-corrected chi connectivity index (χ2v) is 6.84. The second kappa shape index (κ2) is 11.9. The van der Waals surface area contributed by atoms with Crippen molar-refractivity contribution in [2.24, 2.45) is 4.99 Å². The van der Waals surface area contributed by atoms with Crippen molar-refractivity contribution in [3.05, 3.63) is 48.0 Å². The molecule has 0 aliphatic carbocycles. The molecule has 1 heterocycles. The van der Waals surface area contributed by atoms with Gasteiger partial charge in [0.25, 0.3) is 0 Å². The van der Waals surface area contributed by atoms with E-state index in [2.05, 4.69) is 10.6 Å². The van der Waals surface area contributed by atoms with Gasteiger partial charge in [-0.3, -0.25) is 0 Å². The van der Waals surface area contributed by atoms with Crippen LogP contribution < -0.4 is 24.8 Å². The van der Waals surface area contributed by atoms with Gasteiger partial charge < -0.3 is 29.6 Å². The van der Waals surface area contributed by atoms with E-state index in [-0.39, 0.29) is 0 Å². The molecule has 3 rings (SSSR count). The molecule has 1 aliphatic rings. The Bertz CT molecular complexity index is 826. The minimum Gasteiger partial charge on any atom is -0.493 e. The van der Waals surface area contributed by atoms with Crippen LogP contribution in [0.2, 0.25) is 0 Å². The number of ether oxygens (including phenoxy) is 4. The Morgan fingerprint density at radius 1 is 1.10 bits per heavy atom. The summed E-state index contributed by atoms with van der Waals surface area (Å²) >= 11 is 0. The maximum Gasteiger partial charge on any atom is 0.196 e. The number of fused-ring (bicyclic) bond motifs is 1. The van der Waals surface area contributed by atoms with Gasteiger partial charge in [-0.25, -0.2) is 4.99 Å². The summed E-state index contributed by atoms with van der Waals surface area (Å²) in [4.78, 5) is 4.74. The van der Waals surface area contributed by atoms with Crippen molar-refractivity contribution in [3.8, 4) is 17.2 Å². The molecule has 0 saturated carbocycles. The van der Waals surface area contributed by atoms with E-state index in [1.54, 1.807) is 7.11 Å². The van der Waals surface area contributed by atoms with E-state index in [9.17, 15) is 0 Å².